The Bertz CT molecular complexity index is 328. The molecule has 0 radical (unpaired) electrons. The molecule has 1 rings (SSSR count). The highest BCUT2D eigenvalue weighted by molar-refractivity contribution is 6.43. The van der Waals surface area contributed by atoms with Gasteiger partial charge >= 0.3 is 6.09 Å². The van der Waals surface area contributed by atoms with Crippen LogP contribution in [0.2, 0.25) is 10.0 Å². The Labute approximate surface area is 85.6 Å². The van der Waals surface area contributed by atoms with Crippen molar-refractivity contribution in [1.82, 2.24) is 5.32 Å². The van der Waals surface area contributed by atoms with E-state index in [1.54, 1.807) is 18.2 Å². The standard InChI is InChI=1S/C8H7Cl2NO2/c1-11-8(12)13-6-4-2-3-5(9)7(6)10/h2-4H,1H3,(H,11,12). The van der Waals surface area contributed by atoms with Crippen molar-refractivity contribution in [2.45, 2.75) is 0 Å². The van der Waals surface area contributed by atoms with Crippen LogP contribution in [-0.2, 0) is 0 Å². The van der Waals surface area contributed by atoms with E-state index in [1.165, 1.54) is 7.05 Å². The highest BCUT2D eigenvalue weighted by Gasteiger charge is 2.08. The molecule has 0 atom stereocenters. The third kappa shape index (κ3) is 2.50. The van der Waals surface area contributed by atoms with Crippen molar-refractivity contribution in [3.8, 4) is 5.75 Å². The second-order valence-corrected chi connectivity index (χ2v) is 2.98. The van der Waals surface area contributed by atoms with Gasteiger partial charge in [-0.2, -0.15) is 0 Å². The molecule has 5 heteroatoms. The number of amides is 1. The quantitative estimate of drug-likeness (QED) is 0.789. The normalized spacial score (nSPS) is 9.46. The Balaban J connectivity index is 2.89. The SMILES string of the molecule is CNC(=O)Oc1cccc(Cl)c1Cl. The molecule has 0 unspecified atom stereocenters. The maximum Gasteiger partial charge on any atom is 0.412 e. The number of carbonyl (C=O) groups excluding carboxylic acids is 1. The molecule has 0 aromatic heterocycles. The molecule has 0 fully saturated rings. The van der Waals surface area contributed by atoms with Crippen LogP contribution in [0, 0.1) is 0 Å². The summed E-state index contributed by atoms with van der Waals surface area (Å²) in [4.78, 5) is 10.8. The van der Waals surface area contributed by atoms with E-state index in [4.69, 9.17) is 27.9 Å². The summed E-state index contributed by atoms with van der Waals surface area (Å²) >= 11 is 11.5. The maximum atomic E-state index is 10.8. The predicted molar refractivity (Wildman–Crippen MR) is 51.5 cm³/mol. The molecule has 1 amide bonds. The minimum Gasteiger partial charge on any atom is -0.409 e. The lowest BCUT2D eigenvalue weighted by molar-refractivity contribution is 0.203. The number of nitrogens with one attached hydrogen (secondary N) is 1. The van der Waals surface area contributed by atoms with Crippen molar-refractivity contribution < 1.29 is 9.53 Å². The summed E-state index contributed by atoms with van der Waals surface area (Å²) in [6.07, 6.45) is -0.579. The number of ether oxygens (including phenoxy) is 1. The van der Waals surface area contributed by atoms with Gasteiger partial charge in [0.15, 0.2) is 5.75 Å². The van der Waals surface area contributed by atoms with E-state index in [1.807, 2.05) is 0 Å². The molecule has 0 spiro atoms. The van der Waals surface area contributed by atoms with Crippen molar-refractivity contribution >= 4 is 29.3 Å². The van der Waals surface area contributed by atoms with Gasteiger partial charge in [-0.1, -0.05) is 29.3 Å². The Morgan fingerprint density at radius 2 is 2.15 bits per heavy atom. The van der Waals surface area contributed by atoms with Gasteiger partial charge in [-0.25, -0.2) is 4.79 Å². The fourth-order valence-electron chi connectivity index (χ4n) is 0.714. The summed E-state index contributed by atoms with van der Waals surface area (Å²) in [5.41, 5.74) is 0. The fraction of sp³-hybridized carbons (Fsp3) is 0.125. The van der Waals surface area contributed by atoms with Gasteiger partial charge in [0.1, 0.15) is 5.02 Å². The van der Waals surface area contributed by atoms with Crippen molar-refractivity contribution in [3.05, 3.63) is 28.2 Å². The molecule has 70 valence electrons. The molecule has 1 aromatic rings. The summed E-state index contributed by atoms with van der Waals surface area (Å²) in [6.45, 7) is 0. The van der Waals surface area contributed by atoms with Crippen LogP contribution in [0.1, 0.15) is 0 Å². The van der Waals surface area contributed by atoms with Crippen LogP contribution < -0.4 is 10.1 Å². The van der Waals surface area contributed by atoms with Gasteiger partial charge in [0.25, 0.3) is 0 Å². The Kier molecular flexibility index (Phi) is 3.39. The molecule has 1 N–H and O–H groups in total. The van der Waals surface area contributed by atoms with Crippen LogP contribution in [0.3, 0.4) is 0 Å². The summed E-state index contributed by atoms with van der Waals surface area (Å²) in [7, 11) is 1.46. The summed E-state index contributed by atoms with van der Waals surface area (Å²) in [5.74, 6) is 0.244. The lowest BCUT2D eigenvalue weighted by Gasteiger charge is -2.05. The van der Waals surface area contributed by atoms with Crippen LogP contribution in [-0.4, -0.2) is 13.1 Å². The monoisotopic (exact) mass is 219 g/mol. The van der Waals surface area contributed by atoms with Gasteiger partial charge in [-0.05, 0) is 12.1 Å². The van der Waals surface area contributed by atoms with Crippen LogP contribution in [0.5, 0.6) is 5.75 Å². The van der Waals surface area contributed by atoms with E-state index in [0.717, 1.165) is 0 Å². The highest BCUT2D eigenvalue weighted by atomic mass is 35.5. The van der Waals surface area contributed by atoms with E-state index in [9.17, 15) is 4.79 Å². The minimum absolute atomic E-state index is 0.229. The number of hydrogen-bond donors (Lipinski definition) is 1. The smallest absolute Gasteiger partial charge is 0.409 e. The molecule has 0 aliphatic rings. The average Bonchev–Trinajstić information content (AvgIpc) is 2.13. The summed E-state index contributed by atoms with van der Waals surface area (Å²) < 4.78 is 4.81. The first-order chi connectivity index (χ1) is 6.15. The number of hydrogen-bond acceptors (Lipinski definition) is 2. The third-order valence-corrected chi connectivity index (χ3v) is 2.12. The third-order valence-electron chi connectivity index (χ3n) is 1.32. The van der Waals surface area contributed by atoms with Crippen LogP contribution in [0.15, 0.2) is 18.2 Å². The Hall–Kier alpha value is -0.930. The summed E-state index contributed by atoms with van der Waals surface area (Å²) in [6, 6.07) is 4.82. The number of halogens is 2. The zero-order valence-electron chi connectivity index (χ0n) is 6.80. The van der Waals surface area contributed by atoms with Gasteiger partial charge in [0, 0.05) is 7.05 Å². The first kappa shape index (κ1) is 10.2. The van der Waals surface area contributed by atoms with Crippen LogP contribution >= 0.6 is 23.2 Å². The number of carbonyl (C=O) groups is 1. The van der Waals surface area contributed by atoms with Crippen molar-refractivity contribution in [2.75, 3.05) is 7.05 Å². The molecule has 1 aromatic carbocycles. The molecule has 0 saturated heterocycles. The molecule has 3 nitrogen and oxygen atoms in total. The lowest BCUT2D eigenvalue weighted by atomic mass is 10.3. The largest absolute Gasteiger partial charge is 0.412 e. The maximum absolute atomic E-state index is 10.8. The van der Waals surface area contributed by atoms with E-state index < -0.39 is 6.09 Å². The van der Waals surface area contributed by atoms with Crippen LogP contribution in [0.25, 0.3) is 0 Å². The number of rotatable bonds is 1. The van der Waals surface area contributed by atoms with Crippen molar-refractivity contribution in [2.24, 2.45) is 0 Å². The van der Waals surface area contributed by atoms with Gasteiger partial charge < -0.3 is 10.1 Å². The second-order valence-electron chi connectivity index (χ2n) is 2.19. The van der Waals surface area contributed by atoms with Crippen LogP contribution in [0.4, 0.5) is 4.79 Å². The molecular formula is C8H7Cl2NO2. The molecule has 0 heterocycles. The van der Waals surface area contributed by atoms with Crippen molar-refractivity contribution in [1.29, 1.82) is 0 Å². The Morgan fingerprint density at radius 1 is 1.46 bits per heavy atom. The van der Waals surface area contributed by atoms with Gasteiger partial charge in [0.05, 0.1) is 5.02 Å². The summed E-state index contributed by atoms with van der Waals surface area (Å²) in [5, 5.41) is 2.88. The predicted octanol–water partition coefficient (Wildman–Crippen LogP) is 2.71. The first-order valence-electron chi connectivity index (χ1n) is 3.48. The molecule has 0 aliphatic heterocycles. The molecule has 13 heavy (non-hydrogen) atoms. The second kappa shape index (κ2) is 4.35. The van der Waals surface area contributed by atoms with Gasteiger partial charge in [-0.15, -0.1) is 0 Å². The van der Waals surface area contributed by atoms with E-state index in [0.29, 0.717) is 5.02 Å². The fourth-order valence-corrected chi connectivity index (χ4v) is 1.04. The zero-order valence-corrected chi connectivity index (χ0v) is 8.32. The Morgan fingerprint density at radius 3 is 2.77 bits per heavy atom. The van der Waals surface area contributed by atoms with Gasteiger partial charge in [0.2, 0.25) is 0 Å². The van der Waals surface area contributed by atoms with E-state index in [-0.39, 0.29) is 10.8 Å². The average molecular weight is 220 g/mol. The molecule has 0 aliphatic carbocycles. The minimum atomic E-state index is -0.579. The molecule has 0 bridgehead atoms. The van der Waals surface area contributed by atoms with E-state index in [2.05, 4.69) is 5.32 Å². The first-order valence-corrected chi connectivity index (χ1v) is 4.24. The van der Waals surface area contributed by atoms with Gasteiger partial charge in [-0.3, -0.25) is 0 Å². The van der Waals surface area contributed by atoms with Crippen molar-refractivity contribution in [3.63, 3.8) is 0 Å². The topological polar surface area (TPSA) is 38.3 Å². The molecule has 0 saturated carbocycles. The van der Waals surface area contributed by atoms with E-state index >= 15 is 0 Å². The zero-order chi connectivity index (χ0) is 9.84. The lowest BCUT2D eigenvalue weighted by Crippen LogP contribution is -2.22. The number of benzene rings is 1. The highest BCUT2D eigenvalue weighted by Crippen LogP contribution is 2.31. The molecular weight excluding hydrogens is 213 g/mol.